The predicted octanol–water partition coefficient (Wildman–Crippen LogP) is 2.84. The van der Waals surface area contributed by atoms with Crippen LogP contribution in [0.5, 0.6) is 17.2 Å². The lowest BCUT2D eigenvalue weighted by Gasteiger charge is -2.11. The number of nitrogens with zero attached hydrogens (tertiary/aromatic N) is 3. The molecule has 0 atom stereocenters. The summed E-state index contributed by atoms with van der Waals surface area (Å²) in [6.07, 6.45) is 1.50. The lowest BCUT2D eigenvalue weighted by molar-refractivity contribution is -0.118. The smallest absolute Gasteiger partial charge is 0.250 e. The van der Waals surface area contributed by atoms with Gasteiger partial charge in [-0.1, -0.05) is 23.9 Å². The van der Waals surface area contributed by atoms with Crippen LogP contribution in [0.2, 0.25) is 0 Å². The molecule has 1 heterocycles. The summed E-state index contributed by atoms with van der Waals surface area (Å²) < 4.78 is 17.8. The zero-order chi connectivity index (χ0) is 20.8. The van der Waals surface area contributed by atoms with Crippen LogP contribution in [0.15, 0.2) is 46.7 Å². The molecular formula is C20H22N4O4S. The molecule has 8 nitrogen and oxygen atoms in total. The van der Waals surface area contributed by atoms with Gasteiger partial charge in [-0.2, -0.15) is 5.10 Å². The highest BCUT2D eigenvalue weighted by molar-refractivity contribution is 7.99. The first-order valence-electron chi connectivity index (χ1n) is 8.73. The molecule has 2 aromatic carbocycles. The first-order valence-corrected chi connectivity index (χ1v) is 9.72. The highest BCUT2D eigenvalue weighted by Crippen LogP contribution is 2.33. The number of amides is 1. The highest BCUT2D eigenvalue weighted by atomic mass is 32.2. The van der Waals surface area contributed by atoms with Crippen molar-refractivity contribution in [3.05, 3.63) is 42.0 Å². The summed E-state index contributed by atoms with van der Waals surface area (Å²) in [5.41, 5.74) is 5.09. The molecule has 0 aliphatic carbocycles. The van der Waals surface area contributed by atoms with Crippen LogP contribution in [0.25, 0.3) is 11.0 Å². The molecule has 0 saturated carbocycles. The van der Waals surface area contributed by atoms with Crippen LogP contribution in [-0.2, 0) is 11.8 Å². The Balaban J connectivity index is 1.63. The van der Waals surface area contributed by atoms with Crippen molar-refractivity contribution in [2.75, 3.05) is 27.1 Å². The SMILES string of the molecule is COc1cc(OC)c(OC)cc1/C=N\NC(=O)CSc1nc2ccccc2n1C. The largest absolute Gasteiger partial charge is 0.496 e. The van der Waals surface area contributed by atoms with Gasteiger partial charge < -0.3 is 18.8 Å². The molecule has 1 aromatic heterocycles. The lowest BCUT2D eigenvalue weighted by atomic mass is 10.2. The Morgan fingerprint density at radius 1 is 1.14 bits per heavy atom. The third-order valence-electron chi connectivity index (χ3n) is 4.21. The Labute approximate surface area is 172 Å². The number of imidazole rings is 1. The molecule has 0 radical (unpaired) electrons. The molecule has 3 aromatic rings. The number of para-hydroxylation sites is 2. The number of methoxy groups -OCH3 is 3. The molecule has 0 aliphatic rings. The molecule has 1 amide bonds. The van der Waals surface area contributed by atoms with Crippen molar-refractivity contribution in [2.45, 2.75) is 5.16 Å². The van der Waals surface area contributed by atoms with Crippen molar-refractivity contribution in [2.24, 2.45) is 12.1 Å². The number of carbonyl (C=O) groups is 1. The van der Waals surface area contributed by atoms with E-state index in [0.717, 1.165) is 16.2 Å². The molecule has 0 spiro atoms. The summed E-state index contributed by atoms with van der Waals surface area (Å²) in [7, 11) is 6.57. The predicted molar refractivity (Wildman–Crippen MR) is 113 cm³/mol. The quantitative estimate of drug-likeness (QED) is 0.347. The van der Waals surface area contributed by atoms with E-state index in [-0.39, 0.29) is 11.7 Å². The number of benzene rings is 2. The number of thioether (sulfide) groups is 1. The van der Waals surface area contributed by atoms with Gasteiger partial charge in [0.05, 0.1) is 44.3 Å². The maximum Gasteiger partial charge on any atom is 0.250 e. The molecule has 9 heteroatoms. The highest BCUT2D eigenvalue weighted by Gasteiger charge is 2.12. The van der Waals surface area contributed by atoms with Crippen molar-refractivity contribution in [1.29, 1.82) is 0 Å². The second-order valence-electron chi connectivity index (χ2n) is 5.97. The van der Waals surface area contributed by atoms with Gasteiger partial charge in [0.1, 0.15) is 5.75 Å². The van der Waals surface area contributed by atoms with Crippen molar-refractivity contribution in [3.63, 3.8) is 0 Å². The first kappa shape index (κ1) is 20.5. The van der Waals surface area contributed by atoms with Crippen molar-refractivity contribution in [1.82, 2.24) is 15.0 Å². The number of fused-ring (bicyclic) bond motifs is 1. The fourth-order valence-corrected chi connectivity index (χ4v) is 3.52. The van der Waals surface area contributed by atoms with E-state index in [9.17, 15) is 4.79 Å². The third kappa shape index (κ3) is 4.62. The monoisotopic (exact) mass is 414 g/mol. The number of aryl methyl sites for hydroxylation is 1. The van der Waals surface area contributed by atoms with Crippen LogP contribution in [0.4, 0.5) is 0 Å². The van der Waals surface area contributed by atoms with Crippen molar-refractivity contribution in [3.8, 4) is 17.2 Å². The van der Waals surface area contributed by atoms with E-state index in [1.165, 1.54) is 18.0 Å². The number of carbonyl (C=O) groups excluding carboxylic acids is 1. The van der Waals surface area contributed by atoms with E-state index in [1.54, 1.807) is 33.5 Å². The minimum absolute atomic E-state index is 0.192. The minimum atomic E-state index is -0.238. The summed E-state index contributed by atoms with van der Waals surface area (Å²) in [5.74, 6) is 1.59. The summed E-state index contributed by atoms with van der Waals surface area (Å²) >= 11 is 1.35. The maximum atomic E-state index is 12.2. The molecule has 152 valence electrons. The summed E-state index contributed by atoms with van der Waals surface area (Å²) in [4.78, 5) is 16.7. The first-order chi connectivity index (χ1) is 14.1. The van der Waals surface area contributed by atoms with Gasteiger partial charge in [-0.25, -0.2) is 10.4 Å². The van der Waals surface area contributed by atoms with E-state index < -0.39 is 0 Å². The fraction of sp³-hybridized carbons (Fsp3) is 0.250. The molecule has 29 heavy (non-hydrogen) atoms. The van der Waals surface area contributed by atoms with Gasteiger partial charge in [-0.3, -0.25) is 4.79 Å². The van der Waals surface area contributed by atoms with Crippen LogP contribution < -0.4 is 19.6 Å². The van der Waals surface area contributed by atoms with Crippen LogP contribution in [0.1, 0.15) is 5.56 Å². The molecule has 0 saturated heterocycles. The molecule has 0 fully saturated rings. The zero-order valence-corrected chi connectivity index (χ0v) is 17.4. The van der Waals surface area contributed by atoms with Crippen LogP contribution >= 0.6 is 11.8 Å². The number of aromatic nitrogens is 2. The molecule has 0 bridgehead atoms. The molecule has 1 N–H and O–H groups in total. The number of hydrazone groups is 1. The van der Waals surface area contributed by atoms with Gasteiger partial charge in [-0.15, -0.1) is 0 Å². The van der Waals surface area contributed by atoms with Gasteiger partial charge in [-0.05, 0) is 18.2 Å². The second-order valence-corrected chi connectivity index (χ2v) is 6.92. The normalized spacial score (nSPS) is 11.0. The van der Waals surface area contributed by atoms with Crippen LogP contribution in [0, 0.1) is 0 Å². The maximum absolute atomic E-state index is 12.2. The number of nitrogens with one attached hydrogen (secondary N) is 1. The Bertz CT molecular complexity index is 1050. The topological polar surface area (TPSA) is 87.0 Å². The van der Waals surface area contributed by atoms with Gasteiger partial charge >= 0.3 is 0 Å². The number of ether oxygens (including phenoxy) is 3. The zero-order valence-electron chi connectivity index (χ0n) is 16.6. The minimum Gasteiger partial charge on any atom is -0.496 e. The van der Waals surface area contributed by atoms with Gasteiger partial charge in [0.15, 0.2) is 16.7 Å². The van der Waals surface area contributed by atoms with Gasteiger partial charge in [0.2, 0.25) is 0 Å². The summed E-state index contributed by atoms with van der Waals surface area (Å²) in [6, 6.07) is 11.3. The molecular weight excluding hydrogens is 392 g/mol. The third-order valence-corrected chi connectivity index (χ3v) is 5.24. The fourth-order valence-electron chi connectivity index (χ4n) is 2.74. The molecule has 3 rings (SSSR count). The lowest BCUT2D eigenvalue weighted by Crippen LogP contribution is -2.20. The number of hydrogen-bond donors (Lipinski definition) is 1. The van der Waals surface area contributed by atoms with E-state index in [0.29, 0.717) is 22.8 Å². The van der Waals surface area contributed by atoms with Gasteiger partial charge in [0, 0.05) is 18.7 Å². The average Bonchev–Trinajstić information content (AvgIpc) is 3.07. The Hall–Kier alpha value is -3.20. The summed E-state index contributed by atoms with van der Waals surface area (Å²) in [5, 5.41) is 4.79. The van der Waals surface area contributed by atoms with Crippen LogP contribution in [-0.4, -0.2) is 48.8 Å². The Kier molecular flexibility index (Phi) is 6.61. The molecule has 0 unspecified atom stereocenters. The van der Waals surface area contributed by atoms with E-state index >= 15 is 0 Å². The van der Waals surface area contributed by atoms with E-state index in [4.69, 9.17) is 14.2 Å². The second kappa shape index (κ2) is 9.33. The standard InChI is InChI=1S/C20H22N4O4S/c1-24-15-8-6-5-7-14(15)22-20(24)29-12-19(25)23-21-11-13-9-17(27-3)18(28-4)10-16(13)26-2/h5-11H,12H2,1-4H3,(H,23,25)/b21-11-. The van der Waals surface area contributed by atoms with Gasteiger partial charge in [0.25, 0.3) is 5.91 Å². The number of rotatable bonds is 8. The number of hydrogen-bond acceptors (Lipinski definition) is 7. The van der Waals surface area contributed by atoms with E-state index in [1.807, 2.05) is 35.9 Å². The Morgan fingerprint density at radius 3 is 2.52 bits per heavy atom. The average molecular weight is 414 g/mol. The van der Waals surface area contributed by atoms with Crippen LogP contribution in [0.3, 0.4) is 0 Å². The van der Waals surface area contributed by atoms with Crippen molar-refractivity contribution < 1.29 is 19.0 Å². The molecule has 0 aliphatic heterocycles. The van der Waals surface area contributed by atoms with E-state index in [2.05, 4.69) is 15.5 Å². The summed E-state index contributed by atoms with van der Waals surface area (Å²) in [6.45, 7) is 0. The van der Waals surface area contributed by atoms with Crippen molar-refractivity contribution >= 4 is 34.9 Å². The Morgan fingerprint density at radius 2 is 1.83 bits per heavy atom.